The summed E-state index contributed by atoms with van der Waals surface area (Å²) in [5.41, 5.74) is 1.07. The van der Waals surface area contributed by atoms with Gasteiger partial charge >= 0.3 is 0 Å². The first-order valence-electron chi connectivity index (χ1n) is 6.92. The third kappa shape index (κ3) is 4.25. The van der Waals surface area contributed by atoms with Crippen LogP contribution in [-0.2, 0) is 19.4 Å². The van der Waals surface area contributed by atoms with E-state index in [1.54, 1.807) is 35.2 Å². The second-order valence-electron chi connectivity index (χ2n) is 4.85. The molecule has 3 rings (SSSR count). The highest BCUT2D eigenvalue weighted by Crippen LogP contribution is 2.23. The number of nitrogens with zero attached hydrogens (tertiary/aromatic N) is 4. The van der Waals surface area contributed by atoms with E-state index < -0.39 is 0 Å². The molecule has 2 aromatic heterocycles. The van der Waals surface area contributed by atoms with Crippen LogP contribution in [0.5, 0.6) is 5.75 Å². The largest absolute Gasteiger partial charge is 0.486 e. The fourth-order valence-corrected chi connectivity index (χ4v) is 3.55. The van der Waals surface area contributed by atoms with Gasteiger partial charge in [0.15, 0.2) is 11.0 Å². The molecule has 8 heteroatoms. The molecule has 0 saturated heterocycles. The summed E-state index contributed by atoms with van der Waals surface area (Å²) < 4.78 is 7.65. The Morgan fingerprint density at radius 3 is 2.74 bits per heavy atom. The van der Waals surface area contributed by atoms with E-state index in [4.69, 9.17) is 16.3 Å². The molecule has 0 spiro atoms. The molecular formula is C15H15ClN4OS2. The molecule has 120 valence electrons. The van der Waals surface area contributed by atoms with Crippen molar-refractivity contribution in [1.82, 2.24) is 19.7 Å². The van der Waals surface area contributed by atoms with Crippen molar-refractivity contribution in [3.8, 4) is 5.75 Å². The zero-order valence-electron chi connectivity index (χ0n) is 12.7. The maximum atomic E-state index is 5.86. The number of hydrogen-bond acceptors (Lipinski definition) is 6. The van der Waals surface area contributed by atoms with Crippen LogP contribution >= 0.6 is 34.7 Å². The van der Waals surface area contributed by atoms with Crippen LogP contribution in [0.15, 0.2) is 34.8 Å². The van der Waals surface area contributed by atoms with E-state index in [-0.39, 0.29) is 0 Å². The number of ether oxygens (including phenoxy) is 1. The third-order valence-electron chi connectivity index (χ3n) is 3.12. The highest BCUT2D eigenvalue weighted by Gasteiger charge is 2.11. The van der Waals surface area contributed by atoms with Gasteiger partial charge in [0.2, 0.25) is 0 Å². The number of aromatic nitrogens is 4. The second kappa shape index (κ2) is 7.33. The highest BCUT2D eigenvalue weighted by atomic mass is 35.5. The molecule has 0 aliphatic rings. The number of rotatable bonds is 6. The number of thiazole rings is 1. The SMILES string of the molecule is Cc1nc(CSc2nnc(COc3ccc(Cl)cc3)n2C)cs1. The summed E-state index contributed by atoms with van der Waals surface area (Å²) in [6.07, 6.45) is 0. The molecule has 0 bridgehead atoms. The van der Waals surface area contributed by atoms with Crippen LogP contribution in [0.25, 0.3) is 0 Å². The predicted octanol–water partition coefficient (Wildman–Crippen LogP) is 4.10. The molecule has 0 N–H and O–H groups in total. The summed E-state index contributed by atoms with van der Waals surface area (Å²) in [4.78, 5) is 4.45. The number of hydrogen-bond donors (Lipinski definition) is 0. The van der Waals surface area contributed by atoms with Crippen molar-refractivity contribution >= 4 is 34.7 Å². The van der Waals surface area contributed by atoms with E-state index in [1.165, 1.54) is 0 Å². The Kier molecular flexibility index (Phi) is 5.20. The second-order valence-corrected chi connectivity index (χ2v) is 7.29. The molecule has 0 unspecified atom stereocenters. The van der Waals surface area contributed by atoms with Crippen LogP contribution in [0.4, 0.5) is 0 Å². The molecule has 1 aromatic carbocycles. The summed E-state index contributed by atoms with van der Waals surface area (Å²) >= 11 is 9.13. The van der Waals surface area contributed by atoms with Crippen LogP contribution in [-0.4, -0.2) is 19.7 Å². The third-order valence-corrected chi connectivity index (χ3v) is 5.25. The van der Waals surface area contributed by atoms with E-state index in [0.29, 0.717) is 11.6 Å². The van der Waals surface area contributed by atoms with E-state index >= 15 is 0 Å². The van der Waals surface area contributed by atoms with Crippen molar-refractivity contribution in [2.45, 2.75) is 24.4 Å². The van der Waals surface area contributed by atoms with Gasteiger partial charge in [-0.05, 0) is 31.2 Å². The summed E-state index contributed by atoms with van der Waals surface area (Å²) in [5.74, 6) is 2.32. The van der Waals surface area contributed by atoms with Gasteiger partial charge < -0.3 is 9.30 Å². The van der Waals surface area contributed by atoms with E-state index in [1.807, 2.05) is 30.7 Å². The molecule has 3 aromatic rings. The minimum absolute atomic E-state index is 0.363. The monoisotopic (exact) mass is 366 g/mol. The summed E-state index contributed by atoms with van der Waals surface area (Å²) in [7, 11) is 1.94. The zero-order chi connectivity index (χ0) is 16.2. The predicted molar refractivity (Wildman–Crippen MR) is 93.2 cm³/mol. The standard InChI is InChI=1S/C15H15ClN4OS2/c1-10-17-12(8-22-10)9-23-15-19-18-14(20(15)2)7-21-13-5-3-11(16)4-6-13/h3-6,8H,7,9H2,1-2H3. The first-order chi connectivity index (χ1) is 11.1. The Morgan fingerprint density at radius 2 is 2.04 bits per heavy atom. The molecule has 0 fully saturated rings. The van der Waals surface area contributed by atoms with Gasteiger partial charge in [0.05, 0.1) is 10.7 Å². The Hall–Kier alpha value is -1.57. The lowest BCUT2D eigenvalue weighted by Gasteiger charge is -2.06. The number of halogens is 1. The van der Waals surface area contributed by atoms with Gasteiger partial charge in [-0.1, -0.05) is 23.4 Å². The fraction of sp³-hybridized carbons (Fsp3) is 0.267. The van der Waals surface area contributed by atoms with E-state index in [0.717, 1.165) is 33.2 Å². The minimum atomic E-state index is 0.363. The maximum Gasteiger partial charge on any atom is 0.191 e. The summed E-state index contributed by atoms with van der Waals surface area (Å²) in [6.45, 7) is 2.37. The molecule has 0 radical (unpaired) electrons. The number of aryl methyl sites for hydroxylation is 1. The highest BCUT2D eigenvalue weighted by molar-refractivity contribution is 7.98. The van der Waals surface area contributed by atoms with Gasteiger partial charge in [0.1, 0.15) is 12.4 Å². The summed E-state index contributed by atoms with van der Waals surface area (Å²) in [5, 5.41) is 13.1. The first kappa shape index (κ1) is 16.3. The Bertz CT molecular complexity index is 785. The van der Waals surface area contributed by atoms with Gasteiger partial charge in [0.25, 0.3) is 0 Å². The normalized spacial score (nSPS) is 10.9. The molecule has 0 aliphatic heterocycles. The Morgan fingerprint density at radius 1 is 1.26 bits per heavy atom. The Labute approximate surface area is 147 Å². The quantitative estimate of drug-likeness (QED) is 0.614. The molecule has 5 nitrogen and oxygen atoms in total. The van der Waals surface area contributed by atoms with Crippen molar-refractivity contribution in [1.29, 1.82) is 0 Å². The number of thioether (sulfide) groups is 1. The molecule has 2 heterocycles. The maximum absolute atomic E-state index is 5.86. The van der Waals surface area contributed by atoms with Crippen molar-refractivity contribution in [2.75, 3.05) is 0 Å². The van der Waals surface area contributed by atoms with Gasteiger partial charge in [-0.2, -0.15) is 0 Å². The van der Waals surface area contributed by atoms with Crippen molar-refractivity contribution < 1.29 is 4.74 Å². The average molecular weight is 367 g/mol. The summed E-state index contributed by atoms with van der Waals surface area (Å²) in [6, 6.07) is 7.26. The number of benzene rings is 1. The van der Waals surface area contributed by atoms with Crippen LogP contribution in [0, 0.1) is 6.92 Å². The van der Waals surface area contributed by atoms with Gasteiger partial charge in [-0.15, -0.1) is 21.5 Å². The lowest BCUT2D eigenvalue weighted by atomic mass is 10.3. The minimum Gasteiger partial charge on any atom is -0.486 e. The van der Waals surface area contributed by atoms with Gasteiger partial charge in [-0.3, -0.25) is 0 Å². The van der Waals surface area contributed by atoms with Crippen LogP contribution in [0.3, 0.4) is 0 Å². The zero-order valence-corrected chi connectivity index (χ0v) is 15.1. The lowest BCUT2D eigenvalue weighted by molar-refractivity contribution is 0.290. The molecule has 0 aliphatic carbocycles. The van der Waals surface area contributed by atoms with Gasteiger partial charge in [-0.25, -0.2) is 4.98 Å². The topological polar surface area (TPSA) is 52.8 Å². The smallest absolute Gasteiger partial charge is 0.191 e. The first-order valence-corrected chi connectivity index (χ1v) is 9.16. The van der Waals surface area contributed by atoms with Gasteiger partial charge in [0, 0.05) is 23.2 Å². The van der Waals surface area contributed by atoms with E-state index in [9.17, 15) is 0 Å². The van der Waals surface area contributed by atoms with Crippen molar-refractivity contribution in [3.63, 3.8) is 0 Å². The molecule has 0 saturated carbocycles. The average Bonchev–Trinajstić information content (AvgIpc) is 3.11. The lowest BCUT2D eigenvalue weighted by Crippen LogP contribution is -2.04. The van der Waals surface area contributed by atoms with E-state index in [2.05, 4.69) is 20.6 Å². The van der Waals surface area contributed by atoms with Crippen molar-refractivity contribution in [3.05, 3.63) is 51.2 Å². The molecule has 0 atom stereocenters. The Balaban J connectivity index is 1.59. The van der Waals surface area contributed by atoms with Crippen LogP contribution in [0.1, 0.15) is 16.5 Å². The fourth-order valence-electron chi connectivity index (χ4n) is 1.89. The van der Waals surface area contributed by atoms with Crippen LogP contribution in [0.2, 0.25) is 5.02 Å². The molecule has 0 amide bonds. The van der Waals surface area contributed by atoms with Crippen LogP contribution < -0.4 is 4.74 Å². The molecular weight excluding hydrogens is 352 g/mol. The van der Waals surface area contributed by atoms with Crippen molar-refractivity contribution in [2.24, 2.45) is 7.05 Å². The molecule has 23 heavy (non-hydrogen) atoms.